The fraction of sp³-hybridized carbons (Fsp3) is 0.294. The molecule has 0 saturated carbocycles. The topological polar surface area (TPSA) is 29.5 Å². The van der Waals surface area contributed by atoms with Crippen molar-refractivity contribution >= 4 is 0 Å². The number of benzene rings is 2. The van der Waals surface area contributed by atoms with Gasteiger partial charge < -0.3 is 9.84 Å². The van der Waals surface area contributed by atoms with Crippen molar-refractivity contribution in [3.63, 3.8) is 0 Å². The Labute approximate surface area is 117 Å². The Morgan fingerprint density at radius 3 is 2.75 bits per heavy atom. The molecule has 1 atom stereocenters. The summed E-state index contributed by atoms with van der Waals surface area (Å²) in [4.78, 5) is 0. The van der Waals surface area contributed by atoms with Gasteiger partial charge in [-0.15, -0.1) is 0 Å². The molecule has 0 aliphatic heterocycles. The Bertz CT molecular complexity index is 592. The molecule has 0 bridgehead atoms. The van der Waals surface area contributed by atoms with Crippen LogP contribution in [0.1, 0.15) is 35.6 Å². The first-order valence-electron chi connectivity index (χ1n) is 6.90. The molecule has 20 heavy (non-hydrogen) atoms. The van der Waals surface area contributed by atoms with Gasteiger partial charge in [-0.1, -0.05) is 18.2 Å². The van der Waals surface area contributed by atoms with E-state index in [-0.39, 0.29) is 11.9 Å². The molecular weight excluding hydrogens is 255 g/mol. The molecule has 3 heteroatoms. The summed E-state index contributed by atoms with van der Waals surface area (Å²) in [6.45, 7) is 0.398. The van der Waals surface area contributed by atoms with Gasteiger partial charge in [-0.2, -0.15) is 0 Å². The van der Waals surface area contributed by atoms with Crippen LogP contribution in [0.3, 0.4) is 0 Å². The minimum absolute atomic E-state index is 0.245. The summed E-state index contributed by atoms with van der Waals surface area (Å²) in [6.07, 6.45) is 2.48. The second-order valence-corrected chi connectivity index (χ2v) is 5.18. The molecule has 1 aliphatic rings. The molecular formula is C17H17FO2. The van der Waals surface area contributed by atoms with Gasteiger partial charge in [0.2, 0.25) is 0 Å². The van der Waals surface area contributed by atoms with Crippen LogP contribution in [0.4, 0.5) is 4.39 Å². The van der Waals surface area contributed by atoms with E-state index in [0.717, 1.165) is 36.1 Å². The van der Waals surface area contributed by atoms with Gasteiger partial charge in [0.05, 0.1) is 6.10 Å². The van der Waals surface area contributed by atoms with Crippen LogP contribution in [0.2, 0.25) is 0 Å². The molecule has 0 spiro atoms. The number of hydrogen-bond donors (Lipinski definition) is 1. The maximum atomic E-state index is 12.8. The van der Waals surface area contributed by atoms with E-state index in [2.05, 4.69) is 0 Å². The van der Waals surface area contributed by atoms with Gasteiger partial charge in [-0.25, -0.2) is 4.39 Å². The number of fused-ring (bicyclic) bond motifs is 1. The standard InChI is InChI=1S/C17H17FO2/c18-14-7-4-12(5-8-14)11-20-15-9-6-13-2-1-3-17(19)16(13)10-15/h4-10,17,19H,1-3,11H2/t17-/m0/s1. The zero-order valence-electron chi connectivity index (χ0n) is 11.2. The summed E-state index contributed by atoms with van der Waals surface area (Å²) in [5.74, 6) is 0.500. The highest BCUT2D eigenvalue weighted by atomic mass is 19.1. The predicted molar refractivity (Wildman–Crippen MR) is 75.1 cm³/mol. The lowest BCUT2D eigenvalue weighted by molar-refractivity contribution is 0.156. The maximum Gasteiger partial charge on any atom is 0.123 e. The fourth-order valence-electron chi connectivity index (χ4n) is 2.59. The third-order valence-corrected chi connectivity index (χ3v) is 3.72. The van der Waals surface area contributed by atoms with Crippen molar-refractivity contribution in [2.45, 2.75) is 32.0 Å². The van der Waals surface area contributed by atoms with Gasteiger partial charge >= 0.3 is 0 Å². The highest BCUT2D eigenvalue weighted by Crippen LogP contribution is 2.32. The number of halogens is 1. The first-order chi connectivity index (χ1) is 9.72. The normalized spacial score (nSPS) is 17.6. The van der Waals surface area contributed by atoms with Gasteiger partial charge in [0.1, 0.15) is 18.2 Å². The first-order valence-corrected chi connectivity index (χ1v) is 6.90. The van der Waals surface area contributed by atoms with Gasteiger partial charge in [0.25, 0.3) is 0 Å². The molecule has 2 nitrogen and oxygen atoms in total. The third kappa shape index (κ3) is 2.83. The van der Waals surface area contributed by atoms with Gasteiger partial charge in [-0.05, 0) is 60.2 Å². The smallest absolute Gasteiger partial charge is 0.123 e. The molecule has 1 aliphatic carbocycles. The van der Waals surface area contributed by atoms with Crippen LogP contribution in [-0.4, -0.2) is 5.11 Å². The minimum atomic E-state index is -0.381. The molecule has 0 saturated heterocycles. The molecule has 3 rings (SSSR count). The number of ether oxygens (including phenoxy) is 1. The first kappa shape index (κ1) is 13.1. The lowest BCUT2D eigenvalue weighted by Crippen LogP contribution is -2.09. The summed E-state index contributed by atoms with van der Waals surface area (Å²) >= 11 is 0. The summed E-state index contributed by atoms with van der Waals surface area (Å²) in [5.41, 5.74) is 3.11. The Morgan fingerprint density at radius 2 is 1.95 bits per heavy atom. The largest absolute Gasteiger partial charge is 0.489 e. The molecule has 0 fully saturated rings. The Morgan fingerprint density at radius 1 is 1.15 bits per heavy atom. The minimum Gasteiger partial charge on any atom is -0.489 e. The van der Waals surface area contributed by atoms with Crippen LogP contribution in [-0.2, 0) is 13.0 Å². The average Bonchev–Trinajstić information content (AvgIpc) is 2.47. The van der Waals surface area contributed by atoms with Gasteiger partial charge in [0.15, 0.2) is 0 Å². The Balaban J connectivity index is 1.72. The van der Waals surface area contributed by atoms with E-state index < -0.39 is 0 Å². The zero-order chi connectivity index (χ0) is 13.9. The highest BCUT2D eigenvalue weighted by molar-refractivity contribution is 5.38. The number of hydrogen-bond acceptors (Lipinski definition) is 2. The van der Waals surface area contributed by atoms with Crippen molar-refractivity contribution in [1.29, 1.82) is 0 Å². The van der Waals surface area contributed by atoms with Crippen molar-refractivity contribution in [2.75, 3.05) is 0 Å². The molecule has 0 unspecified atom stereocenters. The van der Waals surface area contributed by atoms with E-state index in [1.807, 2.05) is 18.2 Å². The maximum absolute atomic E-state index is 12.8. The highest BCUT2D eigenvalue weighted by Gasteiger charge is 2.18. The molecule has 0 radical (unpaired) electrons. The lowest BCUT2D eigenvalue weighted by Gasteiger charge is -2.22. The monoisotopic (exact) mass is 272 g/mol. The number of rotatable bonds is 3. The molecule has 1 N–H and O–H groups in total. The molecule has 2 aromatic rings. The fourth-order valence-corrected chi connectivity index (χ4v) is 2.59. The molecule has 0 amide bonds. The summed E-state index contributed by atoms with van der Waals surface area (Å²) in [7, 11) is 0. The van der Waals surface area contributed by atoms with Crippen LogP contribution in [0.25, 0.3) is 0 Å². The molecule has 0 heterocycles. The van der Waals surface area contributed by atoms with E-state index in [1.54, 1.807) is 12.1 Å². The Hall–Kier alpha value is -1.87. The zero-order valence-corrected chi connectivity index (χ0v) is 11.2. The number of aryl methyl sites for hydroxylation is 1. The average molecular weight is 272 g/mol. The van der Waals surface area contributed by atoms with Crippen LogP contribution in [0.5, 0.6) is 5.75 Å². The van der Waals surface area contributed by atoms with Gasteiger partial charge in [-0.3, -0.25) is 0 Å². The predicted octanol–water partition coefficient (Wildman–Crippen LogP) is 3.77. The van der Waals surface area contributed by atoms with E-state index in [9.17, 15) is 9.50 Å². The van der Waals surface area contributed by atoms with Gasteiger partial charge in [0, 0.05) is 0 Å². The van der Waals surface area contributed by atoms with Crippen molar-refractivity contribution in [1.82, 2.24) is 0 Å². The number of aliphatic hydroxyl groups is 1. The summed E-state index contributed by atoms with van der Waals surface area (Å²) < 4.78 is 18.5. The van der Waals surface area contributed by atoms with Crippen LogP contribution >= 0.6 is 0 Å². The van der Waals surface area contributed by atoms with E-state index in [0.29, 0.717) is 6.61 Å². The molecule has 0 aromatic heterocycles. The van der Waals surface area contributed by atoms with Crippen molar-refractivity contribution in [3.8, 4) is 5.75 Å². The second-order valence-electron chi connectivity index (χ2n) is 5.18. The summed E-state index contributed by atoms with van der Waals surface area (Å²) in [5, 5.41) is 10.0. The number of aliphatic hydroxyl groups excluding tert-OH is 1. The molecule has 104 valence electrons. The Kier molecular flexibility index (Phi) is 3.70. The lowest BCUT2D eigenvalue weighted by atomic mass is 9.89. The van der Waals surface area contributed by atoms with Crippen molar-refractivity contribution in [2.24, 2.45) is 0 Å². The molecule has 2 aromatic carbocycles. The van der Waals surface area contributed by atoms with E-state index >= 15 is 0 Å². The van der Waals surface area contributed by atoms with E-state index in [4.69, 9.17) is 4.74 Å². The third-order valence-electron chi connectivity index (χ3n) is 3.72. The van der Waals surface area contributed by atoms with Crippen LogP contribution in [0, 0.1) is 5.82 Å². The second kappa shape index (κ2) is 5.63. The van der Waals surface area contributed by atoms with Crippen LogP contribution < -0.4 is 4.74 Å². The summed E-state index contributed by atoms with van der Waals surface area (Å²) in [6, 6.07) is 12.1. The SMILES string of the molecule is O[C@H]1CCCc2ccc(OCc3ccc(F)cc3)cc21. The van der Waals surface area contributed by atoms with Crippen LogP contribution in [0.15, 0.2) is 42.5 Å². The van der Waals surface area contributed by atoms with Crippen molar-refractivity contribution in [3.05, 3.63) is 65.0 Å². The quantitative estimate of drug-likeness (QED) is 0.921. The van der Waals surface area contributed by atoms with Crippen molar-refractivity contribution < 1.29 is 14.2 Å². The van der Waals surface area contributed by atoms with E-state index in [1.165, 1.54) is 17.7 Å².